The number of benzene rings is 4. The van der Waals surface area contributed by atoms with Crippen molar-refractivity contribution in [3.63, 3.8) is 0 Å². The third-order valence-corrected chi connectivity index (χ3v) is 28.3. The van der Waals surface area contributed by atoms with Crippen LogP contribution in [0.25, 0.3) is 0 Å². The van der Waals surface area contributed by atoms with Crippen molar-refractivity contribution in [3.8, 4) is 23.0 Å². The van der Waals surface area contributed by atoms with Gasteiger partial charge in [-0.05, 0) is 99.4 Å². The van der Waals surface area contributed by atoms with Crippen LogP contribution in [0.15, 0.2) is 72.8 Å². The highest BCUT2D eigenvalue weighted by Crippen LogP contribution is 2.45. The highest BCUT2D eigenvalue weighted by molar-refractivity contribution is 8.17. The number of alkyl halides is 2. The van der Waals surface area contributed by atoms with Crippen molar-refractivity contribution >= 4 is 153 Å². The van der Waals surface area contributed by atoms with E-state index in [9.17, 15) is 76.7 Å². The molecule has 11 atom stereocenters. The number of fused-ring (bicyclic) bond motifs is 6. The molecule has 5 saturated heterocycles. The number of rotatable bonds is 25. The van der Waals surface area contributed by atoms with Gasteiger partial charge >= 0.3 is 12.2 Å². The lowest BCUT2D eigenvalue weighted by Gasteiger charge is -2.36. The van der Waals surface area contributed by atoms with E-state index >= 15 is 18.4 Å². The molecule has 11 aliphatic heterocycles. The van der Waals surface area contributed by atoms with Crippen LogP contribution in [0.2, 0.25) is 0 Å². The van der Waals surface area contributed by atoms with E-state index in [0.717, 1.165) is 36.4 Å². The molecule has 4 aromatic rings. The van der Waals surface area contributed by atoms with Gasteiger partial charge in [0.1, 0.15) is 69.6 Å². The summed E-state index contributed by atoms with van der Waals surface area (Å²) in [5.74, 6) is -15.0. The number of carbonyl (C=O) groups is 18. The smallest absolute Gasteiger partial charge is 0.414 e. The summed E-state index contributed by atoms with van der Waals surface area (Å²) in [6, 6.07) is 12.6. The van der Waals surface area contributed by atoms with E-state index in [1.807, 2.05) is 0 Å². The molecule has 764 valence electrons. The zero-order valence-corrected chi connectivity index (χ0v) is 81.7. The minimum absolute atomic E-state index is 0.00474. The maximum Gasteiger partial charge on any atom is 0.414 e. The summed E-state index contributed by atoms with van der Waals surface area (Å²) in [5.41, 5.74) is 1.21. The molecule has 11 unspecified atom stereocenters. The zero-order chi connectivity index (χ0) is 101. The van der Waals surface area contributed by atoms with Gasteiger partial charge in [0.25, 0.3) is 23.6 Å². The summed E-state index contributed by atoms with van der Waals surface area (Å²) in [6.45, 7) is -0.488. The Balaban J connectivity index is 0.850. The number of amides is 15. The number of nitrogens with zero attached hydrogens (tertiary/aromatic N) is 8. The monoisotopic (exact) mass is 2000 g/mol. The molecule has 4 aromatic carbocycles. The molecular formula is C97H123F2N13O27S2. The molecule has 141 heavy (non-hydrogen) atoms. The van der Waals surface area contributed by atoms with Crippen LogP contribution in [0.5, 0.6) is 23.0 Å². The standard InChI is InChI=1S/C97H123F2N13O27S2/c1-57-37-68(114)50-110-86(119)52-108-84(117)45-81(94(108)127)140-56-141-82-46-85(118)109(95(82)128)53-87(120)111(110)51-69(115)38-58(2)89(122)104-73(20-13-14-30-100-83(116)29-34-135-36-35-132-5)91(124)102-64-25-21-60(22-26-64)54-138-96(129)107-49-66-39-62(98)47-105(66)92(125)70-41-77(133-6)79(43-75(70)107)136-32-16-33-137-80-44-76-71(42-78(80)134-7)93(126)106-48-63(99)40-74(106)59(3)112(76)97(130)139-55-61-23-27-65(28-24-61)101-90(123)72(103-88(57)121)19-12-8-10-17-67(113)18-11-9-15-31-131-4/h21-28,41-44,57-59,62-63,66,72-74,81-82H,8-20,29-40,45-56H2,1-7H3,(H,100,116)(H,101,123)(H,102,124)(H,103,121)(H,104,122). The molecular weight excluding hydrogens is 1880 g/mol. The fraction of sp³-hybridized carbons (Fsp3) is 0.567. The summed E-state index contributed by atoms with van der Waals surface area (Å²) in [7, 11) is 5.79. The van der Waals surface area contributed by atoms with Crippen molar-refractivity contribution in [3.05, 3.63) is 95.1 Å². The Kier molecular flexibility index (Phi) is 39.1. The average molecular weight is 2010 g/mol. The highest BCUT2D eigenvalue weighted by Gasteiger charge is 2.50. The third-order valence-electron chi connectivity index (χ3n) is 25.7. The van der Waals surface area contributed by atoms with Crippen LogP contribution in [-0.2, 0) is 104 Å². The number of Topliss-reactive ketones (excluding diaryl/α,β-unsaturated/α-hetero) is 3. The first kappa shape index (κ1) is 107. The number of ether oxygens (including phenoxy) is 9. The lowest BCUT2D eigenvalue weighted by Crippen LogP contribution is -2.58. The van der Waals surface area contributed by atoms with Crippen molar-refractivity contribution in [2.75, 3.05) is 146 Å². The number of unbranched alkanes of at least 4 members (excludes halogenated alkanes) is 5. The number of anilines is 4. The van der Waals surface area contributed by atoms with Crippen molar-refractivity contribution in [1.29, 1.82) is 0 Å². The number of halogens is 2. The maximum absolute atomic E-state index is 15.5. The first-order chi connectivity index (χ1) is 67.7. The van der Waals surface area contributed by atoms with Gasteiger partial charge in [-0.1, -0.05) is 57.4 Å². The quantitative estimate of drug-likeness (QED) is 0.0313. The van der Waals surface area contributed by atoms with Crippen LogP contribution < -0.4 is 55.3 Å². The van der Waals surface area contributed by atoms with E-state index in [0.29, 0.717) is 82.7 Å². The van der Waals surface area contributed by atoms with Gasteiger partial charge in [0.2, 0.25) is 53.2 Å². The first-order valence-electron chi connectivity index (χ1n) is 47.5. The van der Waals surface area contributed by atoms with Crippen LogP contribution in [0, 0.1) is 11.8 Å². The van der Waals surface area contributed by atoms with Crippen molar-refractivity contribution in [2.24, 2.45) is 11.8 Å². The molecule has 0 saturated carbocycles. The Morgan fingerprint density at radius 2 is 0.972 bits per heavy atom. The van der Waals surface area contributed by atoms with Crippen LogP contribution in [0.1, 0.15) is 181 Å². The topological polar surface area (TPSA) is 476 Å². The van der Waals surface area contributed by atoms with Crippen LogP contribution >= 0.6 is 23.5 Å². The summed E-state index contributed by atoms with van der Waals surface area (Å²) >= 11 is 1.97. The summed E-state index contributed by atoms with van der Waals surface area (Å²) in [6.07, 6.45) is -2.58. The minimum Gasteiger partial charge on any atom is -0.493 e. The first-order valence-corrected chi connectivity index (χ1v) is 49.6. The average Bonchev–Trinajstić information content (AvgIpc) is 1.61. The van der Waals surface area contributed by atoms with Crippen LogP contribution in [0.3, 0.4) is 0 Å². The summed E-state index contributed by atoms with van der Waals surface area (Å²) in [5, 5.41) is 12.7. The van der Waals surface area contributed by atoms with Gasteiger partial charge in [-0.15, -0.1) is 23.5 Å². The molecule has 15 rings (SSSR count). The maximum atomic E-state index is 15.5. The predicted molar refractivity (Wildman–Crippen MR) is 508 cm³/mol. The van der Waals surface area contributed by atoms with E-state index in [2.05, 4.69) is 26.6 Å². The number of hydrogen-bond acceptors (Lipinski definition) is 29. The van der Waals surface area contributed by atoms with E-state index in [1.165, 1.54) is 115 Å². The fourth-order valence-corrected chi connectivity index (χ4v) is 20.6. The number of imide groups is 2. The molecule has 11 aliphatic rings. The molecule has 44 heteroatoms. The molecule has 0 spiro atoms. The van der Waals surface area contributed by atoms with E-state index in [1.54, 1.807) is 26.2 Å². The van der Waals surface area contributed by atoms with E-state index in [4.69, 9.17) is 42.6 Å². The molecule has 5 fully saturated rings. The van der Waals surface area contributed by atoms with Gasteiger partial charge in [0.05, 0.1) is 111 Å². The summed E-state index contributed by atoms with van der Waals surface area (Å²) in [4.78, 5) is 265. The Bertz CT molecular complexity index is 5220. The molecule has 0 radical (unpaired) electrons. The van der Waals surface area contributed by atoms with Gasteiger partial charge in [-0.3, -0.25) is 96.3 Å². The van der Waals surface area contributed by atoms with Gasteiger partial charge < -0.3 is 79.0 Å². The minimum atomic E-state index is -1.43. The normalized spacial score (nSPS) is 23.9. The van der Waals surface area contributed by atoms with Crippen molar-refractivity contribution in [1.82, 2.24) is 45.6 Å². The highest BCUT2D eigenvalue weighted by atomic mass is 32.2. The molecule has 11 heterocycles. The number of ketones is 3. The Morgan fingerprint density at radius 1 is 0.482 bits per heavy atom. The Labute approximate surface area is 823 Å². The number of carbonyl (C=O) groups excluding carboxylic acids is 18. The fourth-order valence-electron chi connectivity index (χ4n) is 17.9. The SMILES string of the molecule is COCCCCCC(=O)CCCCCC1NC(=O)C(C)CC(=O)CN2C(=O)CN3C(=O)CC(SCSC4CC(=O)N(CC(=O)N2CC(=O)CC(C)C(=O)NC(CCCCNC(=O)CCOCCOC)C(=O)Nc2ccc(cc2)COC(=O)N2CC5CC(F)CN5C(=O)c5cc(OC)c(cc52)OCCCOc2cc5c(cc2OC)C(=O)N2CC(F)CC2C(C)N5C(=O)OCc2ccc(cc2)NC1=O)C4=O)C3=O. The van der Waals surface area contributed by atoms with Gasteiger partial charge in [0.15, 0.2) is 34.6 Å². The van der Waals surface area contributed by atoms with Crippen molar-refractivity contribution < 1.29 is 138 Å². The molecule has 5 N–H and O–H groups in total. The summed E-state index contributed by atoms with van der Waals surface area (Å²) < 4.78 is 82.6. The van der Waals surface area contributed by atoms with Gasteiger partial charge in [0, 0.05) is 139 Å². The Hall–Kier alpha value is -12.4. The van der Waals surface area contributed by atoms with Gasteiger partial charge in [-0.2, -0.15) is 0 Å². The largest absolute Gasteiger partial charge is 0.493 e. The number of hydrogen-bond donors (Lipinski definition) is 5. The number of thioether (sulfide) groups is 2. The van der Waals surface area contributed by atoms with Crippen LogP contribution in [0.4, 0.5) is 41.1 Å². The van der Waals surface area contributed by atoms with E-state index < -0.39 is 211 Å². The second kappa shape index (κ2) is 51.3. The van der Waals surface area contributed by atoms with Crippen LogP contribution in [-0.4, -0.2) is 315 Å². The second-order valence-corrected chi connectivity index (χ2v) is 38.8. The molecule has 0 aliphatic carbocycles. The second-order valence-electron chi connectivity index (χ2n) is 36.0. The third kappa shape index (κ3) is 28.5. The lowest BCUT2D eigenvalue weighted by molar-refractivity contribution is -0.170. The van der Waals surface area contributed by atoms with E-state index in [-0.39, 0.29) is 191 Å². The molecule has 12 bridgehead atoms. The lowest BCUT2D eigenvalue weighted by atomic mass is 10.0. The number of nitrogens with one attached hydrogen (secondary N) is 5. The molecule has 40 nitrogen and oxygen atoms in total. The predicted octanol–water partition coefficient (Wildman–Crippen LogP) is 7.74. The zero-order valence-electron chi connectivity index (χ0n) is 80.1. The van der Waals surface area contributed by atoms with Gasteiger partial charge in [-0.25, -0.2) is 28.4 Å². The Morgan fingerprint density at radius 3 is 1.50 bits per heavy atom. The molecule has 0 aromatic heterocycles. The number of hydrazine groups is 1. The molecule has 15 amide bonds. The van der Waals surface area contributed by atoms with Crippen molar-refractivity contribution in [2.45, 2.75) is 215 Å². The number of methoxy groups -OCH3 is 4.